The van der Waals surface area contributed by atoms with Crippen LogP contribution in [0.5, 0.6) is 0 Å². The van der Waals surface area contributed by atoms with Gasteiger partial charge in [0.2, 0.25) is 0 Å². The molecule has 138 valence electrons. The Morgan fingerprint density at radius 1 is 1.36 bits per heavy atom. The van der Waals surface area contributed by atoms with E-state index in [2.05, 4.69) is 5.32 Å². The number of carbonyl (C=O) groups is 1. The van der Waals surface area contributed by atoms with Gasteiger partial charge < -0.3 is 15.0 Å². The number of benzene rings is 1. The number of amides is 1. The minimum Gasteiger partial charge on any atom is -0.444 e. The summed E-state index contributed by atoms with van der Waals surface area (Å²) in [5.41, 5.74) is 0.141. The predicted octanol–water partition coefficient (Wildman–Crippen LogP) is 4.13. The number of piperidine rings is 1. The number of nitro groups is 1. The van der Waals surface area contributed by atoms with Gasteiger partial charge in [0.1, 0.15) is 11.3 Å². The first-order valence-corrected chi connectivity index (χ1v) is 9.49. The Bertz CT molecular complexity index is 637. The summed E-state index contributed by atoms with van der Waals surface area (Å²) < 4.78 is 5.39. The van der Waals surface area contributed by atoms with Crippen molar-refractivity contribution < 1.29 is 14.5 Å². The smallest absolute Gasteiger partial charge is 0.410 e. The zero-order valence-electron chi connectivity index (χ0n) is 15.1. The van der Waals surface area contributed by atoms with Crippen LogP contribution in [-0.2, 0) is 4.74 Å². The third-order valence-electron chi connectivity index (χ3n) is 3.91. The molecule has 0 radical (unpaired) electrons. The highest BCUT2D eigenvalue weighted by molar-refractivity contribution is 7.98. The van der Waals surface area contributed by atoms with Gasteiger partial charge in [0, 0.05) is 19.1 Å². The molecule has 1 amide bonds. The van der Waals surface area contributed by atoms with E-state index >= 15 is 0 Å². The molecular weight excluding hydrogens is 342 g/mol. The predicted molar refractivity (Wildman–Crippen MR) is 99.3 cm³/mol. The molecular formula is C17H25N3O4S. The maximum atomic E-state index is 12.1. The maximum absolute atomic E-state index is 12.1. The van der Waals surface area contributed by atoms with Gasteiger partial charge in [-0.3, -0.25) is 10.1 Å². The summed E-state index contributed by atoms with van der Waals surface area (Å²) >= 11 is 1.36. The van der Waals surface area contributed by atoms with Crippen molar-refractivity contribution in [1.29, 1.82) is 0 Å². The molecule has 0 unspecified atom stereocenters. The van der Waals surface area contributed by atoms with Crippen LogP contribution < -0.4 is 5.32 Å². The van der Waals surface area contributed by atoms with Gasteiger partial charge in [0.15, 0.2) is 0 Å². The Morgan fingerprint density at radius 3 is 2.52 bits per heavy atom. The number of rotatable bonds is 4. The Hall–Kier alpha value is -1.96. The Morgan fingerprint density at radius 2 is 2.00 bits per heavy atom. The summed E-state index contributed by atoms with van der Waals surface area (Å²) in [7, 11) is 0. The van der Waals surface area contributed by atoms with Crippen molar-refractivity contribution in [2.45, 2.75) is 50.2 Å². The molecule has 1 aromatic carbocycles. The molecule has 25 heavy (non-hydrogen) atoms. The minimum absolute atomic E-state index is 0.0921. The van der Waals surface area contributed by atoms with Gasteiger partial charge in [0.25, 0.3) is 0 Å². The molecule has 0 atom stereocenters. The number of nitrogens with zero attached hydrogens (tertiary/aromatic N) is 2. The lowest BCUT2D eigenvalue weighted by atomic mass is 10.0. The van der Waals surface area contributed by atoms with Crippen molar-refractivity contribution in [1.82, 2.24) is 4.90 Å². The molecule has 1 aromatic rings. The first-order valence-electron chi connectivity index (χ1n) is 8.27. The van der Waals surface area contributed by atoms with Crippen molar-refractivity contribution in [3.05, 3.63) is 28.3 Å². The molecule has 1 heterocycles. The molecule has 0 saturated carbocycles. The van der Waals surface area contributed by atoms with Gasteiger partial charge in [0.05, 0.1) is 9.82 Å². The quantitative estimate of drug-likeness (QED) is 0.489. The van der Waals surface area contributed by atoms with Gasteiger partial charge in [-0.1, -0.05) is 6.07 Å². The fraction of sp³-hybridized carbons (Fsp3) is 0.588. The average Bonchev–Trinajstić information content (AvgIpc) is 2.53. The number of hydrogen-bond donors (Lipinski definition) is 1. The van der Waals surface area contributed by atoms with Crippen LogP contribution in [0.3, 0.4) is 0 Å². The second-order valence-electron chi connectivity index (χ2n) is 7.00. The molecule has 8 heteroatoms. The van der Waals surface area contributed by atoms with Crippen LogP contribution >= 0.6 is 11.8 Å². The Balaban J connectivity index is 1.99. The lowest BCUT2D eigenvalue weighted by molar-refractivity contribution is -0.386. The Kier molecular flexibility index (Phi) is 6.16. The van der Waals surface area contributed by atoms with E-state index in [4.69, 9.17) is 4.74 Å². The molecule has 0 bridgehead atoms. The van der Waals surface area contributed by atoms with Crippen LogP contribution in [0.4, 0.5) is 16.2 Å². The highest BCUT2D eigenvalue weighted by Gasteiger charge is 2.28. The van der Waals surface area contributed by atoms with E-state index in [1.54, 1.807) is 17.0 Å². The second kappa shape index (κ2) is 7.95. The summed E-state index contributed by atoms with van der Waals surface area (Å²) in [6.45, 7) is 6.68. The summed E-state index contributed by atoms with van der Waals surface area (Å²) in [6, 6.07) is 5.39. The number of anilines is 1. The zero-order chi connectivity index (χ0) is 18.6. The fourth-order valence-corrected chi connectivity index (χ4v) is 3.34. The lowest BCUT2D eigenvalue weighted by Gasteiger charge is -2.34. The molecule has 1 saturated heterocycles. The number of para-hydroxylation sites is 1. The highest BCUT2D eigenvalue weighted by atomic mass is 32.2. The van der Waals surface area contributed by atoms with Crippen LogP contribution in [0.1, 0.15) is 33.6 Å². The van der Waals surface area contributed by atoms with E-state index < -0.39 is 5.60 Å². The number of likely N-dealkylation sites (tertiary alicyclic amines) is 1. The molecule has 1 N–H and O–H groups in total. The average molecular weight is 367 g/mol. The Labute approximate surface area is 152 Å². The number of thioether (sulfide) groups is 1. The summed E-state index contributed by atoms with van der Waals surface area (Å²) in [4.78, 5) is 25.5. The number of ether oxygens (including phenoxy) is 1. The molecule has 0 spiro atoms. The summed E-state index contributed by atoms with van der Waals surface area (Å²) in [6.07, 6.45) is 2.96. The molecule has 0 aromatic heterocycles. The number of nitro benzene ring substituents is 1. The molecule has 7 nitrogen and oxygen atoms in total. The van der Waals surface area contributed by atoms with Crippen molar-refractivity contribution in [3.8, 4) is 0 Å². The van der Waals surface area contributed by atoms with Crippen LogP contribution in [0, 0.1) is 10.1 Å². The monoisotopic (exact) mass is 367 g/mol. The molecule has 0 aliphatic carbocycles. The van der Waals surface area contributed by atoms with Gasteiger partial charge in [-0.05, 0) is 52.0 Å². The van der Waals surface area contributed by atoms with Gasteiger partial charge in [-0.2, -0.15) is 0 Å². The molecule has 1 aliphatic heterocycles. The van der Waals surface area contributed by atoms with Crippen LogP contribution in [0.2, 0.25) is 0 Å². The summed E-state index contributed by atoms with van der Waals surface area (Å²) in [5.74, 6) is 0. The lowest BCUT2D eigenvalue weighted by Crippen LogP contribution is -2.44. The highest BCUT2D eigenvalue weighted by Crippen LogP contribution is 2.35. The fourth-order valence-electron chi connectivity index (χ4n) is 2.74. The van der Waals surface area contributed by atoms with E-state index in [9.17, 15) is 14.9 Å². The van der Waals surface area contributed by atoms with Gasteiger partial charge in [-0.25, -0.2) is 4.79 Å². The SMILES string of the molecule is CSc1cccc(NC2CCN(C(=O)OC(C)(C)C)CC2)c1[N+](=O)[O-]. The van der Waals surface area contributed by atoms with E-state index in [-0.39, 0.29) is 22.7 Å². The second-order valence-corrected chi connectivity index (χ2v) is 7.85. The maximum Gasteiger partial charge on any atom is 0.410 e. The number of nitrogens with one attached hydrogen (secondary N) is 1. The zero-order valence-corrected chi connectivity index (χ0v) is 15.9. The van der Waals surface area contributed by atoms with Crippen molar-refractivity contribution in [2.24, 2.45) is 0 Å². The molecule has 1 fully saturated rings. The van der Waals surface area contributed by atoms with E-state index in [1.165, 1.54) is 11.8 Å². The largest absolute Gasteiger partial charge is 0.444 e. The first-order chi connectivity index (χ1) is 11.7. The van der Waals surface area contributed by atoms with Crippen LogP contribution in [0.25, 0.3) is 0 Å². The third-order valence-corrected chi connectivity index (χ3v) is 4.68. The van der Waals surface area contributed by atoms with Crippen molar-refractivity contribution >= 4 is 29.2 Å². The normalized spacial score (nSPS) is 15.8. The van der Waals surface area contributed by atoms with E-state index in [0.717, 1.165) is 12.8 Å². The number of hydrogen-bond acceptors (Lipinski definition) is 6. The first kappa shape index (κ1) is 19.4. The minimum atomic E-state index is -0.509. The van der Waals surface area contributed by atoms with E-state index in [0.29, 0.717) is 23.7 Å². The molecule has 1 aliphatic rings. The third kappa shape index (κ3) is 5.26. The van der Waals surface area contributed by atoms with Crippen molar-refractivity contribution in [3.63, 3.8) is 0 Å². The van der Waals surface area contributed by atoms with Crippen molar-refractivity contribution in [2.75, 3.05) is 24.7 Å². The number of carbonyl (C=O) groups excluding carboxylic acids is 1. The topological polar surface area (TPSA) is 84.7 Å². The van der Waals surface area contributed by atoms with Gasteiger partial charge >= 0.3 is 11.8 Å². The molecule has 2 rings (SSSR count). The van der Waals surface area contributed by atoms with Gasteiger partial charge in [-0.15, -0.1) is 11.8 Å². The standard InChI is InChI=1S/C17H25N3O4S/c1-17(2,3)24-16(21)19-10-8-12(9-11-19)18-13-6-5-7-14(25-4)15(13)20(22)23/h5-7,12,18H,8-11H2,1-4H3. The van der Waals surface area contributed by atoms with Crippen LogP contribution in [-0.4, -0.2) is 46.9 Å². The van der Waals surface area contributed by atoms with Crippen LogP contribution in [0.15, 0.2) is 23.1 Å². The van der Waals surface area contributed by atoms with E-state index in [1.807, 2.05) is 33.1 Å². The summed E-state index contributed by atoms with van der Waals surface area (Å²) in [5, 5.41) is 14.7.